The van der Waals surface area contributed by atoms with Crippen molar-refractivity contribution in [2.75, 3.05) is 0 Å². The normalized spacial score (nSPS) is 12.8. The topological polar surface area (TPSA) is 20.2 Å². The summed E-state index contributed by atoms with van der Waals surface area (Å²) >= 11 is 10.4. The molecule has 0 spiro atoms. The van der Waals surface area contributed by atoms with E-state index >= 15 is 0 Å². The summed E-state index contributed by atoms with van der Waals surface area (Å²) in [6.07, 6.45) is -0.973. The third kappa shape index (κ3) is 2.55. The molecular weight excluding hydrogens is 327 g/mol. The second-order valence-electron chi connectivity index (χ2n) is 3.62. The van der Waals surface area contributed by atoms with Crippen LogP contribution in [0.4, 0.5) is 4.39 Å². The van der Waals surface area contributed by atoms with E-state index in [1.54, 1.807) is 12.1 Å². The van der Waals surface area contributed by atoms with Gasteiger partial charge < -0.3 is 5.11 Å². The Morgan fingerprint density at radius 3 is 2.65 bits per heavy atom. The maximum Gasteiger partial charge on any atom is 0.149 e. The van der Waals surface area contributed by atoms with Crippen LogP contribution in [0.2, 0.25) is 5.02 Å². The van der Waals surface area contributed by atoms with E-state index in [4.69, 9.17) is 11.6 Å². The molecule has 90 valence electrons. The fourth-order valence-corrected chi connectivity index (χ4v) is 2.87. The molecule has 0 aliphatic heterocycles. The number of halogens is 3. The van der Waals surface area contributed by atoms with Gasteiger partial charge in [-0.2, -0.15) is 0 Å². The summed E-state index contributed by atoms with van der Waals surface area (Å²) in [6, 6.07) is 6.84. The molecule has 1 unspecified atom stereocenters. The lowest BCUT2D eigenvalue weighted by molar-refractivity contribution is 0.219. The molecule has 2 rings (SSSR count). The highest BCUT2D eigenvalue weighted by Gasteiger charge is 2.19. The molecule has 0 radical (unpaired) electrons. The standard InChI is InChI=1S/C12H9BrClFOS/c1-6-2-5-9(17-6)12(16)7-3-4-8(13)10(14)11(7)15/h2-5,12,16H,1H3. The van der Waals surface area contributed by atoms with Crippen LogP contribution in [0.25, 0.3) is 0 Å². The van der Waals surface area contributed by atoms with Gasteiger partial charge in [-0.1, -0.05) is 17.7 Å². The number of rotatable bonds is 2. The third-order valence-corrected chi connectivity index (χ3v) is 4.70. The first-order valence-corrected chi connectivity index (χ1v) is 6.87. The van der Waals surface area contributed by atoms with Crippen LogP contribution in [0.15, 0.2) is 28.7 Å². The van der Waals surface area contributed by atoms with Crippen LogP contribution in [-0.4, -0.2) is 5.11 Å². The Bertz CT molecular complexity index is 555. The molecule has 1 aromatic heterocycles. The van der Waals surface area contributed by atoms with Crippen molar-refractivity contribution in [3.63, 3.8) is 0 Å². The van der Waals surface area contributed by atoms with Crippen molar-refractivity contribution in [3.8, 4) is 0 Å². The lowest BCUT2D eigenvalue weighted by atomic mass is 10.1. The zero-order valence-corrected chi connectivity index (χ0v) is 12.0. The van der Waals surface area contributed by atoms with Gasteiger partial charge in [-0.05, 0) is 41.1 Å². The molecule has 0 saturated heterocycles. The summed E-state index contributed by atoms with van der Waals surface area (Å²) in [5, 5.41) is 10.1. The number of hydrogen-bond acceptors (Lipinski definition) is 2. The highest BCUT2D eigenvalue weighted by atomic mass is 79.9. The van der Waals surface area contributed by atoms with Crippen molar-refractivity contribution in [1.29, 1.82) is 0 Å². The van der Waals surface area contributed by atoms with Crippen molar-refractivity contribution >= 4 is 38.9 Å². The molecule has 0 saturated carbocycles. The molecule has 1 N–H and O–H groups in total. The van der Waals surface area contributed by atoms with Gasteiger partial charge in [0.2, 0.25) is 0 Å². The van der Waals surface area contributed by atoms with Crippen molar-refractivity contribution < 1.29 is 9.50 Å². The fraction of sp³-hybridized carbons (Fsp3) is 0.167. The number of aliphatic hydroxyl groups excluding tert-OH is 1. The van der Waals surface area contributed by atoms with Crippen LogP contribution in [0.5, 0.6) is 0 Å². The number of hydrogen-bond donors (Lipinski definition) is 1. The molecule has 0 amide bonds. The quantitative estimate of drug-likeness (QED) is 0.789. The summed E-state index contributed by atoms with van der Waals surface area (Å²) in [6.45, 7) is 1.94. The summed E-state index contributed by atoms with van der Waals surface area (Å²) in [5.41, 5.74) is 0.194. The molecule has 1 nitrogen and oxygen atoms in total. The number of thiophene rings is 1. The average molecular weight is 336 g/mol. The molecule has 1 atom stereocenters. The van der Waals surface area contributed by atoms with Gasteiger partial charge in [0.1, 0.15) is 11.9 Å². The molecule has 2 aromatic rings. The van der Waals surface area contributed by atoms with Crippen molar-refractivity contribution in [2.45, 2.75) is 13.0 Å². The summed E-state index contributed by atoms with van der Waals surface area (Å²) in [4.78, 5) is 1.78. The van der Waals surface area contributed by atoms with Crippen LogP contribution >= 0.6 is 38.9 Å². The monoisotopic (exact) mass is 334 g/mol. The second-order valence-corrected chi connectivity index (χ2v) is 6.17. The number of aliphatic hydroxyl groups is 1. The zero-order valence-electron chi connectivity index (χ0n) is 8.88. The van der Waals surface area contributed by atoms with Crippen LogP contribution in [-0.2, 0) is 0 Å². The Balaban J connectivity index is 2.44. The molecule has 0 aliphatic carbocycles. The van der Waals surface area contributed by atoms with E-state index in [1.807, 2.05) is 13.0 Å². The van der Waals surface area contributed by atoms with E-state index in [2.05, 4.69) is 15.9 Å². The minimum absolute atomic E-state index is 0.00479. The molecule has 1 heterocycles. The van der Waals surface area contributed by atoms with E-state index in [0.29, 0.717) is 9.35 Å². The van der Waals surface area contributed by atoms with Gasteiger partial charge in [-0.25, -0.2) is 4.39 Å². The predicted molar refractivity (Wildman–Crippen MR) is 72.2 cm³/mol. The van der Waals surface area contributed by atoms with Gasteiger partial charge in [-0.15, -0.1) is 11.3 Å². The first-order valence-electron chi connectivity index (χ1n) is 4.88. The van der Waals surface area contributed by atoms with E-state index in [0.717, 1.165) is 4.88 Å². The average Bonchev–Trinajstić information content (AvgIpc) is 2.72. The molecule has 0 fully saturated rings. The number of benzene rings is 1. The number of aryl methyl sites for hydroxylation is 1. The summed E-state index contributed by atoms with van der Waals surface area (Å²) < 4.78 is 14.4. The Morgan fingerprint density at radius 2 is 2.06 bits per heavy atom. The Morgan fingerprint density at radius 1 is 1.35 bits per heavy atom. The van der Waals surface area contributed by atoms with Gasteiger partial charge in [0.15, 0.2) is 0 Å². The van der Waals surface area contributed by atoms with E-state index in [9.17, 15) is 9.50 Å². The van der Waals surface area contributed by atoms with Crippen LogP contribution in [0, 0.1) is 12.7 Å². The first-order chi connectivity index (χ1) is 8.00. The van der Waals surface area contributed by atoms with Crippen LogP contribution in [0.3, 0.4) is 0 Å². The van der Waals surface area contributed by atoms with Crippen molar-refractivity contribution in [1.82, 2.24) is 0 Å². The van der Waals surface area contributed by atoms with Gasteiger partial charge in [0.05, 0.1) is 5.02 Å². The van der Waals surface area contributed by atoms with Gasteiger partial charge >= 0.3 is 0 Å². The first kappa shape index (κ1) is 13.0. The Kier molecular flexibility index (Phi) is 3.88. The lowest BCUT2D eigenvalue weighted by Crippen LogP contribution is -2.01. The van der Waals surface area contributed by atoms with Crippen LogP contribution < -0.4 is 0 Å². The van der Waals surface area contributed by atoms with Crippen LogP contribution in [0.1, 0.15) is 21.4 Å². The molecule has 0 bridgehead atoms. The summed E-state index contributed by atoms with van der Waals surface area (Å²) in [5.74, 6) is -0.584. The van der Waals surface area contributed by atoms with Gasteiger partial charge in [-0.3, -0.25) is 0 Å². The highest BCUT2D eigenvalue weighted by molar-refractivity contribution is 9.10. The Hall–Kier alpha value is -0.420. The minimum Gasteiger partial charge on any atom is -0.383 e. The maximum absolute atomic E-state index is 13.9. The van der Waals surface area contributed by atoms with E-state index < -0.39 is 11.9 Å². The van der Waals surface area contributed by atoms with Crippen molar-refractivity contribution in [3.05, 3.63) is 54.9 Å². The van der Waals surface area contributed by atoms with Crippen molar-refractivity contribution in [2.24, 2.45) is 0 Å². The largest absolute Gasteiger partial charge is 0.383 e. The maximum atomic E-state index is 13.9. The van der Waals surface area contributed by atoms with E-state index in [1.165, 1.54) is 17.4 Å². The molecule has 17 heavy (non-hydrogen) atoms. The SMILES string of the molecule is Cc1ccc(C(O)c2ccc(Br)c(Cl)c2F)s1. The van der Waals surface area contributed by atoms with Gasteiger partial charge in [0, 0.05) is 19.8 Å². The fourth-order valence-electron chi connectivity index (χ4n) is 1.51. The minimum atomic E-state index is -0.973. The molecule has 1 aromatic carbocycles. The predicted octanol–water partition coefficient (Wildman–Crippen LogP) is 4.69. The van der Waals surface area contributed by atoms with Gasteiger partial charge in [0.25, 0.3) is 0 Å². The second kappa shape index (κ2) is 5.06. The van der Waals surface area contributed by atoms with E-state index in [-0.39, 0.29) is 10.6 Å². The Labute approximate surface area is 116 Å². The molecule has 5 heteroatoms. The molecule has 0 aliphatic rings. The highest BCUT2D eigenvalue weighted by Crippen LogP contribution is 2.34. The third-order valence-electron chi connectivity index (χ3n) is 2.39. The summed E-state index contributed by atoms with van der Waals surface area (Å²) in [7, 11) is 0. The molecular formula is C12H9BrClFOS. The smallest absolute Gasteiger partial charge is 0.149 e. The zero-order chi connectivity index (χ0) is 12.6. The lowest BCUT2D eigenvalue weighted by Gasteiger charge is -2.11.